The summed E-state index contributed by atoms with van der Waals surface area (Å²) in [6.07, 6.45) is 4.43. The molecule has 2 saturated heterocycles. The number of nitrogens with one attached hydrogen (secondary N) is 1. The molecule has 29 heavy (non-hydrogen) atoms. The van der Waals surface area contributed by atoms with E-state index in [2.05, 4.69) is 25.5 Å². The van der Waals surface area contributed by atoms with Crippen molar-refractivity contribution in [2.75, 3.05) is 44.2 Å². The van der Waals surface area contributed by atoms with Crippen molar-refractivity contribution >= 4 is 11.6 Å². The van der Waals surface area contributed by atoms with Crippen molar-refractivity contribution in [2.45, 2.75) is 31.7 Å². The summed E-state index contributed by atoms with van der Waals surface area (Å²) in [6.45, 7) is 5.01. The molecule has 0 spiro atoms. The van der Waals surface area contributed by atoms with E-state index in [4.69, 9.17) is 0 Å². The molecule has 1 saturated carbocycles. The van der Waals surface area contributed by atoms with Gasteiger partial charge in [-0.05, 0) is 49.1 Å². The van der Waals surface area contributed by atoms with Gasteiger partial charge in [0.2, 0.25) is 11.7 Å². The van der Waals surface area contributed by atoms with Crippen molar-refractivity contribution in [1.82, 2.24) is 30.4 Å². The number of tetrazole rings is 1. The number of benzene rings is 1. The summed E-state index contributed by atoms with van der Waals surface area (Å²) >= 11 is 0. The maximum absolute atomic E-state index is 14.7. The number of carbonyl (C=O) groups is 1. The fraction of sp³-hybridized carbons (Fsp3) is 0.600. The lowest BCUT2D eigenvalue weighted by Crippen LogP contribution is -2.40. The van der Waals surface area contributed by atoms with Gasteiger partial charge in [-0.25, -0.2) is 4.39 Å². The van der Waals surface area contributed by atoms with E-state index in [9.17, 15) is 9.18 Å². The number of hydrogen-bond acceptors (Lipinski definition) is 6. The number of rotatable bonds is 4. The number of nitrogens with zero attached hydrogens (tertiary/aromatic N) is 6. The van der Waals surface area contributed by atoms with Crippen LogP contribution in [-0.4, -0.2) is 81.6 Å². The molecule has 2 aliphatic heterocycles. The van der Waals surface area contributed by atoms with Crippen LogP contribution in [0.4, 0.5) is 10.1 Å². The van der Waals surface area contributed by atoms with Gasteiger partial charge in [-0.2, -0.15) is 5.21 Å². The van der Waals surface area contributed by atoms with Gasteiger partial charge in [0.1, 0.15) is 5.82 Å². The second-order valence-corrected chi connectivity index (χ2v) is 8.28. The van der Waals surface area contributed by atoms with E-state index in [-0.39, 0.29) is 17.6 Å². The van der Waals surface area contributed by atoms with Gasteiger partial charge >= 0.3 is 0 Å². The molecule has 3 aliphatic rings. The summed E-state index contributed by atoms with van der Waals surface area (Å²) in [4.78, 5) is 19.6. The summed E-state index contributed by atoms with van der Waals surface area (Å²) in [7, 11) is 0. The Hall–Kier alpha value is -2.55. The standard InChI is InChI=1S/C20H26FN7O/c21-17-12-14(19-22-24-25-23-19)2-5-18(17)28-9-6-15(13-28)20(29)27-8-1-7-26(10-11-27)16-3-4-16/h2,5,12,15-16H,1,3-4,6-11,13H2,(H,22,23,24,25). The smallest absolute Gasteiger partial charge is 0.227 e. The van der Waals surface area contributed by atoms with Crippen LogP contribution in [-0.2, 0) is 4.79 Å². The molecule has 2 aromatic rings. The molecule has 1 unspecified atom stereocenters. The minimum absolute atomic E-state index is 0.0567. The Morgan fingerprint density at radius 3 is 2.76 bits per heavy atom. The minimum Gasteiger partial charge on any atom is -0.368 e. The number of carbonyl (C=O) groups excluding carboxylic acids is 1. The third-order valence-electron chi connectivity index (χ3n) is 6.33. The predicted molar refractivity (Wildman–Crippen MR) is 106 cm³/mol. The van der Waals surface area contributed by atoms with Crippen LogP contribution in [0, 0.1) is 11.7 Å². The first-order valence-corrected chi connectivity index (χ1v) is 10.5. The van der Waals surface area contributed by atoms with Crippen LogP contribution in [0.15, 0.2) is 18.2 Å². The Kier molecular flexibility index (Phi) is 4.91. The lowest BCUT2D eigenvalue weighted by molar-refractivity contribution is -0.134. The fourth-order valence-corrected chi connectivity index (χ4v) is 4.59. The third-order valence-corrected chi connectivity index (χ3v) is 6.33. The average molecular weight is 399 g/mol. The van der Waals surface area contributed by atoms with E-state index >= 15 is 0 Å². The Balaban J connectivity index is 1.22. The lowest BCUT2D eigenvalue weighted by Gasteiger charge is -2.25. The lowest BCUT2D eigenvalue weighted by atomic mass is 10.1. The zero-order valence-corrected chi connectivity index (χ0v) is 16.4. The summed E-state index contributed by atoms with van der Waals surface area (Å²) in [5.41, 5.74) is 1.11. The van der Waals surface area contributed by atoms with Crippen molar-refractivity contribution in [3.63, 3.8) is 0 Å². The molecule has 3 fully saturated rings. The number of amides is 1. The van der Waals surface area contributed by atoms with Crippen molar-refractivity contribution in [2.24, 2.45) is 5.92 Å². The highest BCUT2D eigenvalue weighted by Crippen LogP contribution is 2.31. The first kappa shape index (κ1) is 18.5. The van der Waals surface area contributed by atoms with E-state index in [1.54, 1.807) is 12.1 Å². The van der Waals surface area contributed by atoms with Crippen molar-refractivity contribution in [3.8, 4) is 11.4 Å². The molecule has 1 atom stereocenters. The minimum atomic E-state index is -0.324. The molecule has 0 radical (unpaired) electrons. The molecule has 1 N–H and O–H groups in total. The highest BCUT2D eigenvalue weighted by molar-refractivity contribution is 5.80. The van der Waals surface area contributed by atoms with E-state index < -0.39 is 0 Å². The van der Waals surface area contributed by atoms with Gasteiger partial charge in [-0.3, -0.25) is 9.69 Å². The third kappa shape index (κ3) is 3.83. The summed E-state index contributed by atoms with van der Waals surface area (Å²) in [5, 5.41) is 13.7. The molecule has 5 rings (SSSR count). The van der Waals surface area contributed by atoms with Crippen molar-refractivity contribution in [1.29, 1.82) is 0 Å². The van der Waals surface area contributed by atoms with Crippen LogP contribution in [0.2, 0.25) is 0 Å². The van der Waals surface area contributed by atoms with E-state index in [1.165, 1.54) is 18.9 Å². The molecule has 8 nitrogen and oxygen atoms in total. The summed E-state index contributed by atoms with van der Waals surface area (Å²) < 4.78 is 14.7. The number of halogens is 1. The fourth-order valence-electron chi connectivity index (χ4n) is 4.59. The van der Waals surface area contributed by atoms with Gasteiger partial charge in [0.15, 0.2) is 0 Å². The zero-order valence-electron chi connectivity index (χ0n) is 16.4. The monoisotopic (exact) mass is 399 g/mol. The molecule has 1 aliphatic carbocycles. The number of anilines is 1. The van der Waals surface area contributed by atoms with E-state index in [0.29, 0.717) is 30.2 Å². The quantitative estimate of drug-likeness (QED) is 0.840. The number of aromatic amines is 1. The van der Waals surface area contributed by atoms with Crippen LogP contribution in [0.5, 0.6) is 0 Å². The topological polar surface area (TPSA) is 81.2 Å². The Morgan fingerprint density at radius 1 is 1.10 bits per heavy atom. The second kappa shape index (κ2) is 7.70. The Morgan fingerprint density at radius 2 is 2.00 bits per heavy atom. The molecule has 1 aromatic carbocycles. The number of hydrogen-bond donors (Lipinski definition) is 1. The number of aromatic nitrogens is 4. The highest BCUT2D eigenvalue weighted by Gasteiger charge is 2.35. The molecule has 154 valence electrons. The molecule has 1 amide bonds. The normalized spacial score (nSPS) is 23.4. The maximum atomic E-state index is 14.7. The van der Waals surface area contributed by atoms with Crippen molar-refractivity contribution in [3.05, 3.63) is 24.0 Å². The van der Waals surface area contributed by atoms with Gasteiger partial charge in [-0.15, -0.1) is 10.2 Å². The van der Waals surface area contributed by atoms with Gasteiger partial charge in [-0.1, -0.05) is 0 Å². The number of H-pyrrole nitrogens is 1. The van der Waals surface area contributed by atoms with Gasteiger partial charge in [0.05, 0.1) is 11.6 Å². The molecule has 9 heteroatoms. The first-order valence-electron chi connectivity index (χ1n) is 10.5. The molecule has 1 aromatic heterocycles. The van der Waals surface area contributed by atoms with Crippen LogP contribution in [0.3, 0.4) is 0 Å². The highest BCUT2D eigenvalue weighted by atomic mass is 19.1. The van der Waals surface area contributed by atoms with Crippen LogP contribution in [0.25, 0.3) is 11.4 Å². The Bertz CT molecular complexity index is 870. The van der Waals surface area contributed by atoms with Gasteiger partial charge < -0.3 is 9.80 Å². The molecule has 3 heterocycles. The molecular weight excluding hydrogens is 373 g/mol. The molecule has 0 bridgehead atoms. The SMILES string of the molecule is O=C(C1CCN(c2ccc(-c3nn[nH]n3)cc2F)C1)N1CCCN(C2CC2)CC1. The maximum Gasteiger partial charge on any atom is 0.227 e. The largest absolute Gasteiger partial charge is 0.368 e. The van der Waals surface area contributed by atoms with Crippen LogP contribution >= 0.6 is 0 Å². The molecular formula is C20H26FN7O. The summed E-state index contributed by atoms with van der Waals surface area (Å²) in [5.74, 6) is 0.217. The van der Waals surface area contributed by atoms with Gasteiger partial charge in [0, 0.05) is 50.9 Å². The zero-order chi connectivity index (χ0) is 19.8. The summed E-state index contributed by atoms with van der Waals surface area (Å²) in [6, 6.07) is 5.72. The van der Waals surface area contributed by atoms with Crippen LogP contribution < -0.4 is 4.90 Å². The second-order valence-electron chi connectivity index (χ2n) is 8.28. The first-order chi connectivity index (χ1) is 14.2. The average Bonchev–Trinajstić information content (AvgIpc) is 3.28. The van der Waals surface area contributed by atoms with Gasteiger partial charge in [0.25, 0.3) is 0 Å². The Labute approximate surface area is 169 Å². The van der Waals surface area contributed by atoms with E-state index in [0.717, 1.165) is 45.1 Å². The van der Waals surface area contributed by atoms with Crippen LogP contribution in [0.1, 0.15) is 25.7 Å². The van der Waals surface area contributed by atoms with Crippen molar-refractivity contribution < 1.29 is 9.18 Å². The van der Waals surface area contributed by atoms with E-state index in [1.807, 2.05) is 9.80 Å². The predicted octanol–water partition coefficient (Wildman–Crippen LogP) is 1.53.